The summed E-state index contributed by atoms with van der Waals surface area (Å²) in [6.45, 7) is 9.35. The molecule has 3 rings (SSSR count). The van der Waals surface area contributed by atoms with Crippen LogP contribution in [0.15, 0.2) is 24.5 Å². The molecule has 0 aromatic carbocycles. The molecule has 0 spiro atoms. The molecule has 0 unspecified atom stereocenters. The molecule has 1 aromatic heterocycles. The van der Waals surface area contributed by atoms with E-state index >= 15 is 0 Å². The second-order valence-electron chi connectivity index (χ2n) is 9.06. The van der Waals surface area contributed by atoms with E-state index < -0.39 is 0 Å². The Balaban J connectivity index is 1.61. The highest BCUT2D eigenvalue weighted by Crippen LogP contribution is 2.33. The summed E-state index contributed by atoms with van der Waals surface area (Å²) in [4.78, 5) is 33.4. The fourth-order valence-corrected chi connectivity index (χ4v) is 4.15. The maximum absolute atomic E-state index is 12.7. The first kappa shape index (κ1) is 18.9. The summed E-state index contributed by atoms with van der Waals surface area (Å²) < 4.78 is 0. The smallest absolute Gasteiger partial charge is 0.223 e. The Morgan fingerprint density at radius 1 is 1.23 bits per heavy atom. The van der Waals surface area contributed by atoms with Gasteiger partial charge >= 0.3 is 0 Å². The highest BCUT2D eigenvalue weighted by molar-refractivity contribution is 5.78. The number of hydrogen-bond acceptors (Lipinski definition) is 3. The molecule has 3 heterocycles. The van der Waals surface area contributed by atoms with Gasteiger partial charge in [0.25, 0.3) is 0 Å². The van der Waals surface area contributed by atoms with Crippen molar-refractivity contribution in [3.05, 3.63) is 30.1 Å². The molecule has 2 aliphatic heterocycles. The number of amides is 2. The number of fused-ring (bicyclic) bond motifs is 1. The predicted octanol–water partition coefficient (Wildman–Crippen LogP) is 3.10. The number of piperidine rings is 1. The largest absolute Gasteiger partial charge is 0.342 e. The molecule has 0 N–H and O–H groups in total. The Hall–Kier alpha value is -1.91. The number of rotatable bonds is 3. The second-order valence-corrected chi connectivity index (χ2v) is 9.06. The maximum Gasteiger partial charge on any atom is 0.223 e. The third-order valence-corrected chi connectivity index (χ3v) is 5.58. The van der Waals surface area contributed by atoms with E-state index in [-0.39, 0.29) is 17.2 Å². The van der Waals surface area contributed by atoms with E-state index in [0.29, 0.717) is 31.2 Å². The monoisotopic (exact) mass is 357 g/mol. The standard InChI is InChI=1S/C21H31N3O2/c1-21(2,3)12-20(26)24-9-6-17-11-19(25)23(10-7-18(17)15-24)14-16-5-4-8-22-13-16/h4-5,8,13,17-18H,6-7,9-12,14-15H2,1-3H3/t17-,18+/m1/s1. The average molecular weight is 357 g/mol. The van der Waals surface area contributed by atoms with Gasteiger partial charge in [0.2, 0.25) is 11.8 Å². The van der Waals surface area contributed by atoms with Crippen LogP contribution in [0.2, 0.25) is 0 Å². The van der Waals surface area contributed by atoms with Gasteiger partial charge in [-0.2, -0.15) is 0 Å². The Labute approximate surface area is 156 Å². The van der Waals surface area contributed by atoms with Gasteiger partial charge in [-0.15, -0.1) is 0 Å². The normalized spacial score (nSPS) is 24.2. The first-order valence-corrected chi connectivity index (χ1v) is 9.76. The number of hydrogen-bond donors (Lipinski definition) is 0. The molecule has 2 fully saturated rings. The zero-order valence-electron chi connectivity index (χ0n) is 16.3. The third-order valence-electron chi connectivity index (χ3n) is 5.58. The van der Waals surface area contributed by atoms with Crippen molar-refractivity contribution in [2.24, 2.45) is 17.3 Å². The minimum atomic E-state index is 0.0217. The van der Waals surface area contributed by atoms with Gasteiger partial charge in [-0.1, -0.05) is 26.8 Å². The van der Waals surface area contributed by atoms with Crippen molar-refractivity contribution in [3.63, 3.8) is 0 Å². The Morgan fingerprint density at radius 3 is 2.69 bits per heavy atom. The van der Waals surface area contributed by atoms with Crippen molar-refractivity contribution in [2.45, 2.75) is 53.0 Å². The molecule has 0 saturated carbocycles. The number of aromatic nitrogens is 1. The SMILES string of the molecule is CC(C)(C)CC(=O)N1CC[C@@H]2CC(=O)N(Cc3cccnc3)CC[C@H]2C1. The number of nitrogens with zero attached hydrogens (tertiary/aromatic N) is 3. The minimum Gasteiger partial charge on any atom is -0.342 e. The van der Waals surface area contributed by atoms with Gasteiger partial charge in [0, 0.05) is 51.4 Å². The van der Waals surface area contributed by atoms with E-state index in [2.05, 4.69) is 25.8 Å². The van der Waals surface area contributed by atoms with Gasteiger partial charge in [-0.25, -0.2) is 0 Å². The molecule has 2 saturated heterocycles. The van der Waals surface area contributed by atoms with Crippen LogP contribution in [0.1, 0.15) is 52.0 Å². The summed E-state index contributed by atoms with van der Waals surface area (Å²) in [5.74, 6) is 1.37. The van der Waals surface area contributed by atoms with Gasteiger partial charge in [-0.3, -0.25) is 14.6 Å². The molecule has 5 heteroatoms. The minimum absolute atomic E-state index is 0.0217. The van der Waals surface area contributed by atoms with E-state index in [1.165, 1.54) is 0 Å². The lowest BCUT2D eigenvalue weighted by Crippen LogP contribution is -2.44. The quantitative estimate of drug-likeness (QED) is 0.835. The predicted molar refractivity (Wildman–Crippen MR) is 101 cm³/mol. The lowest BCUT2D eigenvalue weighted by Gasteiger charge is -2.38. The first-order valence-electron chi connectivity index (χ1n) is 9.76. The first-order chi connectivity index (χ1) is 12.3. The molecular formula is C21H31N3O2. The zero-order chi connectivity index (χ0) is 18.7. The van der Waals surface area contributed by atoms with Crippen LogP contribution in [0.5, 0.6) is 0 Å². The number of pyridine rings is 1. The van der Waals surface area contributed by atoms with Crippen LogP contribution in [0.3, 0.4) is 0 Å². The third kappa shape index (κ3) is 4.83. The summed E-state index contributed by atoms with van der Waals surface area (Å²) >= 11 is 0. The van der Waals surface area contributed by atoms with Crippen LogP contribution in [-0.2, 0) is 16.1 Å². The van der Waals surface area contributed by atoms with Crippen molar-refractivity contribution in [2.75, 3.05) is 19.6 Å². The van der Waals surface area contributed by atoms with Crippen LogP contribution in [0.25, 0.3) is 0 Å². The van der Waals surface area contributed by atoms with Gasteiger partial charge in [-0.05, 0) is 41.7 Å². The fourth-order valence-electron chi connectivity index (χ4n) is 4.15. The van der Waals surface area contributed by atoms with E-state index in [0.717, 1.165) is 38.0 Å². The molecular weight excluding hydrogens is 326 g/mol. The Kier molecular flexibility index (Phi) is 5.64. The van der Waals surface area contributed by atoms with Crippen molar-refractivity contribution < 1.29 is 9.59 Å². The van der Waals surface area contributed by atoms with Crippen LogP contribution in [0.4, 0.5) is 0 Å². The van der Waals surface area contributed by atoms with Crippen LogP contribution in [-0.4, -0.2) is 46.2 Å². The van der Waals surface area contributed by atoms with Gasteiger partial charge in [0.05, 0.1) is 0 Å². The molecule has 2 aliphatic rings. The molecule has 0 aliphatic carbocycles. The Morgan fingerprint density at radius 2 is 2.00 bits per heavy atom. The molecule has 142 valence electrons. The van der Waals surface area contributed by atoms with Crippen molar-refractivity contribution in [1.82, 2.24) is 14.8 Å². The summed E-state index contributed by atoms with van der Waals surface area (Å²) in [7, 11) is 0. The van der Waals surface area contributed by atoms with Crippen molar-refractivity contribution in [1.29, 1.82) is 0 Å². The maximum atomic E-state index is 12.7. The number of carbonyl (C=O) groups is 2. The molecule has 0 radical (unpaired) electrons. The highest BCUT2D eigenvalue weighted by atomic mass is 16.2. The zero-order valence-corrected chi connectivity index (χ0v) is 16.3. The van der Waals surface area contributed by atoms with Crippen LogP contribution >= 0.6 is 0 Å². The van der Waals surface area contributed by atoms with Crippen molar-refractivity contribution in [3.8, 4) is 0 Å². The van der Waals surface area contributed by atoms with Crippen LogP contribution in [0, 0.1) is 17.3 Å². The number of likely N-dealkylation sites (tertiary alicyclic amines) is 2. The summed E-state index contributed by atoms with van der Waals surface area (Å²) in [6, 6.07) is 3.93. The molecule has 26 heavy (non-hydrogen) atoms. The van der Waals surface area contributed by atoms with Gasteiger partial charge in [0.1, 0.15) is 0 Å². The number of carbonyl (C=O) groups excluding carboxylic acids is 2. The lowest BCUT2D eigenvalue weighted by molar-refractivity contribution is -0.136. The summed E-state index contributed by atoms with van der Waals surface area (Å²) in [6.07, 6.45) is 6.73. The molecule has 1 aromatic rings. The van der Waals surface area contributed by atoms with E-state index in [9.17, 15) is 9.59 Å². The second kappa shape index (κ2) is 7.77. The summed E-state index contributed by atoms with van der Waals surface area (Å²) in [5, 5.41) is 0. The molecule has 2 atom stereocenters. The molecule has 2 amide bonds. The topological polar surface area (TPSA) is 53.5 Å². The molecule has 0 bridgehead atoms. The van der Waals surface area contributed by atoms with E-state index in [4.69, 9.17) is 0 Å². The van der Waals surface area contributed by atoms with Gasteiger partial charge < -0.3 is 9.80 Å². The average Bonchev–Trinajstić information content (AvgIpc) is 2.73. The fraction of sp³-hybridized carbons (Fsp3) is 0.667. The lowest BCUT2D eigenvalue weighted by atomic mass is 9.81. The van der Waals surface area contributed by atoms with E-state index in [1.807, 2.05) is 28.1 Å². The summed E-state index contributed by atoms with van der Waals surface area (Å²) in [5.41, 5.74) is 1.10. The Bertz CT molecular complexity index is 638. The van der Waals surface area contributed by atoms with Crippen molar-refractivity contribution >= 4 is 11.8 Å². The van der Waals surface area contributed by atoms with Crippen LogP contribution < -0.4 is 0 Å². The molecule has 5 nitrogen and oxygen atoms in total. The van der Waals surface area contributed by atoms with E-state index in [1.54, 1.807) is 6.20 Å². The highest BCUT2D eigenvalue weighted by Gasteiger charge is 2.36. The van der Waals surface area contributed by atoms with Gasteiger partial charge in [0.15, 0.2) is 0 Å².